The molecule has 1 N–H and O–H groups in total. The van der Waals surface area contributed by atoms with Gasteiger partial charge in [-0.1, -0.05) is 22.6 Å². The summed E-state index contributed by atoms with van der Waals surface area (Å²) in [6.07, 6.45) is -10.0. The van der Waals surface area contributed by atoms with Crippen molar-refractivity contribution in [2.45, 2.75) is 63.7 Å². The number of hydrogen-bond donors (Lipinski definition) is 1. The Labute approximate surface area is 195 Å². The van der Waals surface area contributed by atoms with E-state index in [1.54, 1.807) is 20.8 Å². The highest BCUT2D eigenvalue weighted by Gasteiger charge is 2.38. The molecule has 0 radical (unpaired) electrons. The van der Waals surface area contributed by atoms with Crippen LogP contribution in [0.5, 0.6) is 0 Å². The summed E-state index contributed by atoms with van der Waals surface area (Å²) in [5.74, 6) is -1.04. The average molecular weight is 580 g/mol. The van der Waals surface area contributed by atoms with Crippen LogP contribution in [0, 0.1) is 0 Å². The largest absolute Gasteiger partial charge is 0.444 e. The van der Waals surface area contributed by atoms with Gasteiger partial charge in [-0.15, -0.1) is 0 Å². The van der Waals surface area contributed by atoms with Gasteiger partial charge in [0.05, 0.1) is 11.1 Å². The maximum absolute atomic E-state index is 13.0. The first kappa shape index (κ1) is 26.5. The lowest BCUT2D eigenvalue weighted by Crippen LogP contribution is -2.53. The lowest BCUT2D eigenvalue weighted by molar-refractivity contribution is -0.143. The molecule has 1 aliphatic rings. The maximum Gasteiger partial charge on any atom is 0.416 e. The number of halogens is 7. The zero-order valence-electron chi connectivity index (χ0n) is 17.5. The Morgan fingerprint density at radius 1 is 1.06 bits per heavy atom. The van der Waals surface area contributed by atoms with Crippen molar-refractivity contribution in [3.63, 3.8) is 0 Å². The predicted molar refractivity (Wildman–Crippen MR) is 113 cm³/mol. The summed E-state index contributed by atoms with van der Waals surface area (Å²) >= 11 is 2.06. The maximum atomic E-state index is 13.0. The first-order valence-electron chi connectivity index (χ1n) is 9.67. The van der Waals surface area contributed by atoms with E-state index in [9.17, 15) is 35.9 Å². The van der Waals surface area contributed by atoms with Gasteiger partial charge in [0, 0.05) is 28.6 Å². The monoisotopic (exact) mass is 580 g/mol. The normalized spacial score (nSPS) is 20.1. The number of hydrogen-bond acceptors (Lipinski definition) is 3. The number of nitrogens with one attached hydrogen (secondary N) is 1. The fourth-order valence-electron chi connectivity index (χ4n) is 3.24. The molecule has 2 unspecified atom stereocenters. The van der Waals surface area contributed by atoms with Crippen LogP contribution >= 0.6 is 22.6 Å². The van der Waals surface area contributed by atoms with Crippen LogP contribution in [0.2, 0.25) is 0 Å². The highest BCUT2D eigenvalue weighted by molar-refractivity contribution is 14.1. The van der Waals surface area contributed by atoms with E-state index < -0.39 is 52.7 Å². The van der Waals surface area contributed by atoms with Gasteiger partial charge in [-0.05, 0) is 51.8 Å². The highest BCUT2D eigenvalue weighted by atomic mass is 127. The van der Waals surface area contributed by atoms with E-state index in [-0.39, 0.29) is 25.1 Å². The van der Waals surface area contributed by atoms with Crippen molar-refractivity contribution in [3.05, 3.63) is 34.9 Å². The van der Waals surface area contributed by atoms with Crippen molar-refractivity contribution in [2.24, 2.45) is 0 Å². The van der Waals surface area contributed by atoms with Crippen molar-refractivity contribution in [2.75, 3.05) is 11.0 Å². The van der Waals surface area contributed by atoms with Crippen molar-refractivity contribution in [1.82, 2.24) is 10.2 Å². The molecule has 12 heteroatoms. The van der Waals surface area contributed by atoms with Crippen LogP contribution in [0.1, 0.15) is 55.1 Å². The van der Waals surface area contributed by atoms with Gasteiger partial charge in [-0.3, -0.25) is 4.79 Å². The minimum atomic E-state index is -5.04. The fraction of sp³-hybridized carbons (Fsp3) is 0.600. The number of likely N-dealkylation sites (tertiary alicyclic amines) is 1. The molecule has 32 heavy (non-hydrogen) atoms. The summed E-state index contributed by atoms with van der Waals surface area (Å²) in [7, 11) is 0. The van der Waals surface area contributed by atoms with E-state index in [1.165, 1.54) is 4.90 Å². The molecule has 2 atom stereocenters. The Kier molecular flexibility index (Phi) is 7.99. The molecule has 1 heterocycles. The van der Waals surface area contributed by atoms with E-state index in [4.69, 9.17) is 4.74 Å². The van der Waals surface area contributed by atoms with Crippen LogP contribution in [-0.4, -0.2) is 45.6 Å². The Morgan fingerprint density at radius 2 is 1.59 bits per heavy atom. The fourth-order valence-corrected chi connectivity index (χ4v) is 4.08. The third-order valence-electron chi connectivity index (χ3n) is 4.71. The molecule has 1 aliphatic heterocycles. The molecule has 1 aromatic rings. The Morgan fingerprint density at radius 3 is 2.03 bits per heavy atom. The molecule has 2 amide bonds. The van der Waals surface area contributed by atoms with Gasteiger partial charge in [-0.2, -0.15) is 26.3 Å². The van der Waals surface area contributed by atoms with Gasteiger partial charge < -0.3 is 15.0 Å². The second kappa shape index (κ2) is 9.64. The van der Waals surface area contributed by atoms with Crippen LogP contribution in [0.25, 0.3) is 0 Å². The van der Waals surface area contributed by atoms with Gasteiger partial charge in [0.1, 0.15) is 5.60 Å². The average Bonchev–Trinajstić information content (AvgIpc) is 2.64. The van der Waals surface area contributed by atoms with Crippen molar-refractivity contribution < 1.29 is 40.7 Å². The minimum absolute atomic E-state index is 0.0256. The predicted octanol–water partition coefficient (Wildman–Crippen LogP) is 5.66. The second-order valence-corrected chi connectivity index (χ2v) is 9.35. The van der Waals surface area contributed by atoms with E-state index in [0.29, 0.717) is 23.0 Å². The molecule has 0 bridgehead atoms. The van der Waals surface area contributed by atoms with Crippen LogP contribution < -0.4 is 5.32 Å². The Balaban J connectivity index is 2.17. The summed E-state index contributed by atoms with van der Waals surface area (Å²) in [4.78, 5) is 26.4. The van der Waals surface area contributed by atoms with Crippen LogP contribution in [0.4, 0.5) is 31.1 Å². The van der Waals surface area contributed by atoms with Crippen LogP contribution in [0.15, 0.2) is 18.2 Å². The van der Waals surface area contributed by atoms with Gasteiger partial charge in [0.2, 0.25) is 0 Å². The lowest BCUT2D eigenvalue weighted by Gasteiger charge is -2.39. The smallest absolute Gasteiger partial charge is 0.416 e. The van der Waals surface area contributed by atoms with Gasteiger partial charge >= 0.3 is 18.4 Å². The van der Waals surface area contributed by atoms with E-state index >= 15 is 0 Å². The molecule has 0 aromatic heterocycles. The second-order valence-electron chi connectivity index (χ2n) is 8.47. The number of carbonyl (C=O) groups excluding carboxylic acids is 2. The van der Waals surface area contributed by atoms with E-state index in [0.717, 1.165) is 0 Å². The molecule has 1 saturated heterocycles. The molecule has 1 aromatic carbocycles. The molecular weight excluding hydrogens is 557 g/mol. The van der Waals surface area contributed by atoms with Crippen molar-refractivity contribution in [3.8, 4) is 0 Å². The number of benzene rings is 1. The summed E-state index contributed by atoms with van der Waals surface area (Å²) < 4.78 is 84.1. The SMILES string of the molecule is CC(C)(C)OC(=O)N1CCC(NC(=O)c2cc(C(F)(F)F)cc(C(F)(F)F)c2)CC1CI. The number of nitrogens with zero attached hydrogens (tertiary/aromatic N) is 1. The number of alkyl halides is 7. The number of amides is 2. The van der Waals surface area contributed by atoms with Gasteiger partial charge in [0.15, 0.2) is 0 Å². The Hall–Kier alpha value is -1.73. The first-order valence-corrected chi connectivity index (χ1v) is 11.2. The minimum Gasteiger partial charge on any atom is -0.444 e. The van der Waals surface area contributed by atoms with E-state index in [1.807, 2.05) is 0 Å². The zero-order valence-corrected chi connectivity index (χ0v) is 19.7. The highest BCUT2D eigenvalue weighted by Crippen LogP contribution is 2.36. The van der Waals surface area contributed by atoms with Gasteiger partial charge in [0.25, 0.3) is 5.91 Å². The zero-order chi connectivity index (χ0) is 24.5. The molecule has 1 fully saturated rings. The molecule has 5 nitrogen and oxygen atoms in total. The number of rotatable bonds is 3. The lowest BCUT2D eigenvalue weighted by atomic mass is 9.97. The molecule has 0 spiro atoms. The summed E-state index contributed by atoms with van der Waals surface area (Å²) in [5, 5.41) is 2.51. The van der Waals surface area contributed by atoms with Crippen LogP contribution in [0.3, 0.4) is 0 Å². The number of ether oxygens (including phenoxy) is 1. The Bertz CT molecular complexity index is 819. The molecule has 180 valence electrons. The first-order chi connectivity index (χ1) is 14.5. The van der Waals surface area contributed by atoms with Crippen molar-refractivity contribution in [1.29, 1.82) is 0 Å². The summed E-state index contributed by atoms with van der Waals surface area (Å²) in [6.45, 7) is 5.40. The molecule has 0 saturated carbocycles. The molecule has 2 rings (SSSR count). The topological polar surface area (TPSA) is 58.6 Å². The molecular formula is C20H23F6IN2O3. The quantitative estimate of drug-likeness (QED) is 0.286. The van der Waals surface area contributed by atoms with E-state index in [2.05, 4.69) is 27.9 Å². The summed E-state index contributed by atoms with van der Waals surface area (Å²) in [6, 6.07) is -0.0594. The van der Waals surface area contributed by atoms with Gasteiger partial charge in [-0.25, -0.2) is 4.79 Å². The standard InChI is InChI=1S/C20H23F6IN2O3/c1-18(2,3)32-17(31)29-5-4-14(9-15(29)10-27)28-16(30)11-6-12(19(21,22)23)8-13(7-11)20(24,25)26/h6-8,14-15H,4-5,9-10H2,1-3H3,(H,28,30). The third kappa shape index (κ3) is 7.14. The summed E-state index contributed by atoms with van der Waals surface area (Å²) in [5.41, 5.74) is -4.53. The van der Waals surface area contributed by atoms with Crippen LogP contribution in [-0.2, 0) is 17.1 Å². The number of carbonyl (C=O) groups is 2. The third-order valence-corrected chi connectivity index (χ3v) is 5.72. The molecule has 0 aliphatic carbocycles. The number of piperidine rings is 1. The van der Waals surface area contributed by atoms with Crippen molar-refractivity contribution >= 4 is 34.6 Å².